The van der Waals surface area contributed by atoms with E-state index >= 15 is 0 Å². The molecule has 0 radical (unpaired) electrons. The summed E-state index contributed by atoms with van der Waals surface area (Å²) in [6.07, 6.45) is 0. The highest BCUT2D eigenvalue weighted by atomic mass is 19.1. The van der Waals surface area contributed by atoms with Crippen molar-refractivity contribution in [2.45, 2.75) is 27.7 Å². The molecule has 1 aromatic rings. The van der Waals surface area contributed by atoms with E-state index in [0.717, 1.165) is 0 Å². The van der Waals surface area contributed by atoms with E-state index in [9.17, 15) is 8.78 Å². The summed E-state index contributed by atoms with van der Waals surface area (Å²) in [5.41, 5.74) is 1.23. The number of benzene rings is 1. The van der Waals surface area contributed by atoms with Crippen molar-refractivity contribution in [1.82, 2.24) is 0 Å². The van der Waals surface area contributed by atoms with Crippen molar-refractivity contribution < 1.29 is 8.78 Å². The predicted molar refractivity (Wildman–Crippen MR) is 57.2 cm³/mol. The Labute approximate surface area is 84.3 Å². The highest BCUT2D eigenvalue weighted by Gasteiger charge is 2.06. The van der Waals surface area contributed by atoms with Gasteiger partial charge in [0.25, 0.3) is 0 Å². The fraction of sp³-hybridized carbons (Fsp3) is 0.333. The molecule has 0 fully saturated rings. The standard InChI is InChI=1S/C10H10F2.C2H6/c1-6(2)8-4-9(11)7(3)10(12)5-8;1-2/h4-5H,1H2,2-3H3;1-2H3. The zero-order valence-corrected chi connectivity index (χ0v) is 9.12. The van der Waals surface area contributed by atoms with Gasteiger partial charge in [-0.15, -0.1) is 0 Å². The van der Waals surface area contributed by atoms with E-state index in [1.54, 1.807) is 6.92 Å². The lowest BCUT2D eigenvalue weighted by molar-refractivity contribution is 0.567. The minimum absolute atomic E-state index is 0.0556. The summed E-state index contributed by atoms with van der Waals surface area (Å²) in [7, 11) is 0. The van der Waals surface area contributed by atoms with Gasteiger partial charge in [-0.1, -0.05) is 26.0 Å². The maximum atomic E-state index is 12.9. The first-order valence-corrected chi connectivity index (χ1v) is 4.64. The third kappa shape index (κ3) is 2.95. The molecule has 0 atom stereocenters. The van der Waals surface area contributed by atoms with Crippen molar-refractivity contribution in [1.29, 1.82) is 0 Å². The van der Waals surface area contributed by atoms with Crippen molar-refractivity contribution in [2.24, 2.45) is 0 Å². The second-order valence-corrected chi connectivity index (χ2v) is 2.85. The molecule has 0 aliphatic carbocycles. The van der Waals surface area contributed by atoms with Crippen LogP contribution in [0.1, 0.15) is 31.9 Å². The molecule has 1 rings (SSSR count). The molecule has 0 saturated heterocycles. The van der Waals surface area contributed by atoms with E-state index in [2.05, 4.69) is 6.58 Å². The number of halogens is 2. The summed E-state index contributed by atoms with van der Waals surface area (Å²) >= 11 is 0. The fourth-order valence-corrected chi connectivity index (χ4v) is 0.892. The monoisotopic (exact) mass is 198 g/mol. The summed E-state index contributed by atoms with van der Waals surface area (Å²) in [6, 6.07) is 2.58. The van der Waals surface area contributed by atoms with Crippen molar-refractivity contribution in [3.05, 3.63) is 41.5 Å². The molecule has 14 heavy (non-hydrogen) atoms. The molecule has 78 valence electrons. The molecule has 2 heteroatoms. The third-order valence-corrected chi connectivity index (χ3v) is 1.77. The summed E-state index contributed by atoms with van der Waals surface area (Å²) in [5.74, 6) is -1.04. The summed E-state index contributed by atoms with van der Waals surface area (Å²) < 4.78 is 25.8. The zero-order chi connectivity index (χ0) is 11.3. The molecule has 0 bridgehead atoms. The zero-order valence-electron chi connectivity index (χ0n) is 9.12. The first-order valence-electron chi connectivity index (χ1n) is 4.64. The van der Waals surface area contributed by atoms with Crippen LogP contribution in [0.3, 0.4) is 0 Å². The second kappa shape index (κ2) is 5.53. The van der Waals surface area contributed by atoms with Gasteiger partial charge in [-0.25, -0.2) is 8.78 Å². The topological polar surface area (TPSA) is 0 Å². The average Bonchev–Trinajstić information content (AvgIpc) is 2.16. The molecular formula is C12H16F2. The Hall–Kier alpha value is -1.18. The van der Waals surface area contributed by atoms with E-state index in [0.29, 0.717) is 11.1 Å². The maximum absolute atomic E-state index is 12.9. The van der Waals surface area contributed by atoms with E-state index in [4.69, 9.17) is 0 Å². The first-order chi connectivity index (χ1) is 6.52. The van der Waals surface area contributed by atoms with Gasteiger partial charge < -0.3 is 0 Å². The van der Waals surface area contributed by atoms with Crippen LogP contribution in [-0.4, -0.2) is 0 Å². The minimum atomic E-state index is -0.520. The number of rotatable bonds is 1. The van der Waals surface area contributed by atoms with Crippen molar-refractivity contribution in [2.75, 3.05) is 0 Å². The highest BCUT2D eigenvalue weighted by molar-refractivity contribution is 5.61. The van der Waals surface area contributed by atoms with Crippen LogP contribution in [0.25, 0.3) is 5.57 Å². The molecule has 0 amide bonds. The molecule has 0 aliphatic rings. The molecule has 0 heterocycles. The Bertz CT molecular complexity index is 304. The average molecular weight is 198 g/mol. The Balaban J connectivity index is 0.000000791. The molecule has 0 saturated carbocycles. The van der Waals surface area contributed by atoms with Crippen LogP contribution in [-0.2, 0) is 0 Å². The Morgan fingerprint density at radius 2 is 1.50 bits per heavy atom. The Kier molecular flexibility index (Phi) is 5.06. The Morgan fingerprint density at radius 3 is 1.79 bits per heavy atom. The minimum Gasteiger partial charge on any atom is -0.207 e. The number of hydrogen-bond donors (Lipinski definition) is 0. The van der Waals surface area contributed by atoms with Gasteiger partial charge in [0.2, 0.25) is 0 Å². The van der Waals surface area contributed by atoms with Gasteiger partial charge in [0.15, 0.2) is 0 Å². The van der Waals surface area contributed by atoms with Crippen LogP contribution in [0.15, 0.2) is 18.7 Å². The number of hydrogen-bond acceptors (Lipinski definition) is 0. The van der Waals surface area contributed by atoms with Crippen LogP contribution >= 0.6 is 0 Å². The van der Waals surface area contributed by atoms with E-state index in [1.165, 1.54) is 19.1 Å². The van der Waals surface area contributed by atoms with E-state index in [-0.39, 0.29) is 5.56 Å². The molecule has 0 aliphatic heterocycles. The smallest absolute Gasteiger partial charge is 0.129 e. The lowest BCUT2D eigenvalue weighted by atomic mass is 10.1. The Morgan fingerprint density at radius 1 is 1.14 bits per heavy atom. The van der Waals surface area contributed by atoms with Gasteiger partial charge in [0, 0.05) is 5.56 Å². The van der Waals surface area contributed by atoms with Crippen molar-refractivity contribution >= 4 is 5.57 Å². The molecule has 0 spiro atoms. The van der Waals surface area contributed by atoms with Crippen LogP contribution in [0.5, 0.6) is 0 Å². The van der Waals surface area contributed by atoms with Gasteiger partial charge in [-0.2, -0.15) is 0 Å². The van der Waals surface area contributed by atoms with Gasteiger partial charge in [0.1, 0.15) is 11.6 Å². The second-order valence-electron chi connectivity index (χ2n) is 2.85. The van der Waals surface area contributed by atoms with Crippen LogP contribution in [0, 0.1) is 18.6 Å². The molecule has 0 N–H and O–H groups in total. The summed E-state index contributed by atoms with van der Waals surface area (Å²) in [5, 5.41) is 0. The van der Waals surface area contributed by atoms with E-state index < -0.39 is 11.6 Å². The van der Waals surface area contributed by atoms with Gasteiger partial charge in [0.05, 0.1) is 0 Å². The lowest BCUT2D eigenvalue weighted by Gasteiger charge is -2.03. The predicted octanol–water partition coefficient (Wildman–Crippen LogP) is 4.33. The third-order valence-electron chi connectivity index (χ3n) is 1.77. The first kappa shape index (κ1) is 12.8. The highest BCUT2D eigenvalue weighted by Crippen LogP contribution is 2.18. The molecule has 0 aromatic heterocycles. The molecule has 0 unspecified atom stereocenters. The maximum Gasteiger partial charge on any atom is 0.129 e. The molecule has 1 aromatic carbocycles. The summed E-state index contributed by atoms with van der Waals surface area (Å²) in [6.45, 7) is 10.7. The SMILES string of the molecule is C=C(C)c1cc(F)c(C)c(F)c1.CC. The van der Waals surface area contributed by atoms with Crippen LogP contribution in [0.2, 0.25) is 0 Å². The van der Waals surface area contributed by atoms with Crippen molar-refractivity contribution in [3.63, 3.8) is 0 Å². The van der Waals surface area contributed by atoms with Gasteiger partial charge >= 0.3 is 0 Å². The number of allylic oxidation sites excluding steroid dienone is 1. The van der Waals surface area contributed by atoms with E-state index in [1.807, 2.05) is 13.8 Å². The van der Waals surface area contributed by atoms with Gasteiger partial charge in [-0.3, -0.25) is 0 Å². The van der Waals surface area contributed by atoms with Gasteiger partial charge in [-0.05, 0) is 31.5 Å². The lowest BCUT2D eigenvalue weighted by Crippen LogP contribution is -1.91. The summed E-state index contributed by atoms with van der Waals surface area (Å²) in [4.78, 5) is 0. The van der Waals surface area contributed by atoms with Crippen LogP contribution in [0.4, 0.5) is 8.78 Å². The van der Waals surface area contributed by atoms with Crippen LogP contribution < -0.4 is 0 Å². The fourth-order valence-electron chi connectivity index (χ4n) is 0.892. The largest absolute Gasteiger partial charge is 0.207 e. The molecular weight excluding hydrogens is 182 g/mol. The quantitative estimate of drug-likeness (QED) is 0.630. The molecule has 0 nitrogen and oxygen atoms in total. The normalized spacial score (nSPS) is 9.00. The van der Waals surface area contributed by atoms with Crippen molar-refractivity contribution in [3.8, 4) is 0 Å².